The van der Waals surface area contributed by atoms with Crippen molar-refractivity contribution in [1.29, 1.82) is 0 Å². The van der Waals surface area contributed by atoms with Crippen molar-refractivity contribution in [3.8, 4) is 0 Å². The zero-order valence-electron chi connectivity index (χ0n) is 39.7. The number of hydrogen-bond donors (Lipinski definition) is 11. The van der Waals surface area contributed by atoms with Crippen LogP contribution in [0, 0.1) is 51.2 Å². The minimum Gasteiger partial charge on any atom is -0.462 e. The van der Waals surface area contributed by atoms with Gasteiger partial charge in [0.25, 0.3) is 0 Å². The lowest BCUT2D eigenvalue weighted by Gasteiger charge is -2.71. The lowest BCUT2D eigenvalue weighted by molar-refractivity contribution is -0.361. The Balaban J connectivity index is 1.01. The van der Waals surface area contributed by atoms with Crippen LogP contribution in [0.4, 0.5) is 0 Å². The second-order valence-electron chi connectivity index (χ2n) is 22.2. The van der Waals surface area contributed by atoms with Crippen molar-refractivity contribution in [3.05, 3.63) is 24.3 Å². The van der Waals surface area contributed by atoms with Gasteiger partial charge in [-0.15, -0.1) is 0 Å². The fraction of sp³-hybridized carbons (Fsp3) is 0.875. The van der Waals surface area contributed by atoms with Crippen LogP contribution in [0.5, 0.6) is 0 Å². The van der Waals surface area contributed by atoms with E-state index in [1.807, 2.05) is 13.8 Å². The maximum Gasteiger partial charge on any atom is 0.317 e. The molecule has 4 saturated carbocycles. The molecule has 27 unspecified atom stereocenters. The number of rotatable bonds is 10. The highest BCUT2D eigenvalue weighted by Crippen LogP contribution is 2.77. The molecule has 0 aromatic heterocycles. The first kappa shape index (κ1) is 52.1. The summed E-state index contributed by atoms with van der Waals surface area (Å²) in [5.41, 5.74) is -1.67. The number of aliphatic hydroxyl groups excluding tert-OH is 11. The fourth-order valence-electron chi connectivity index (χ4n) is 15.0. The molecular formula is C48H74O20. The molecule has 20 nitrogen and oxygen atoms in total. The van der Waals surface area contributed by atoms with E-state index < -0.39 is 163 Å². The largest absolute Gasteiger partial charge is 0.462 e. The van der Waals surface area contributed by atoms with Crippen molar-refractivity contribution >= 4 is 11.9 Å². The molecule has 0 amide bonds. The van der Waals surface area contributed by atoms with Gasteiger partial charge in [0.1, 0.15) is 73.2 Å². The Kier molecular flexibility index (Phi) is 14.3. The minimum absolute atomic E-state index is 0.0709. The van der Waals surface area contributed by atoms with E-state index in [2.05, 4.69) is 33.9 Å². The number of esters is 2. The standard InChI is InChI=1S/C48H74O20/c1-18(2)21-13-28(51)48(12-11-45(6)23(30(21)48)14-24-40-46(45,7)10-9-22(19(3)4)47(40,8)27(50)15-29(52)64-24)44(61)68-43-37(59)34(56)32(54)26(66-43)17-62-41-38(60)35(57)39(25(16-49)65-41)67-42-36(58)33(55)31(53)20(5)63-42/h20-28,30-43,49-51,53-60H,1,3,9-17H2,2,4-8H3. The Hall–Kier alpha value is -2.22. The van der Waals surface area contributed by atoms with Crippen LogP contribution in [0.3, 0.4) is 0 Å². The minimum atomic E-state index is -1.98. The van der Waals surface area contributed by atoms with Gasteiger partial charge in [-0.3, -0.25) is 9.59 Å². The summed E-state index contributed by atoms with van der Waals surface area (Å²) >= 11 is 0. The lowest BCUT2D eigenvalue weighted by atomic mass is 9.33. The van der Waals surface area contributed by atoms with E-state index in [-0.39, 0.29) is 42.9 Å². The molecule has 386 valence electrons. The van der Waals surface area contributed by atoms with Crippen LogP contribution in [0.1, 0.15) is 86.5 Å². The van der Waals surface area contributed by atoms with Gasteiger partial charge in [0.05, 0.1) is 43.4 Å². The summed E-state index contributed by atoms with van der Waals surface area (Å²) in [6, 6.07) is 0. The third-order valence-electron chi connectivity index (χ3n) is 18.8. The van der Waals surface area contributed by atoms with E-state index in [9.17, 15) is 61.0 Å². The Morgan fingerprint density at radius 3 is 2.00 bits per heavy atom. The highest BCUT2D eigenvalue weighted by Gasteiger charge is 2.76. The Morgan fingerprint density at radius 1 is 0.721 bits per heavy atom. The molecule has 0 radical (unpaired) electrons. The predicted octanol–water partition coefficient (Wildman–Crippen LogP) is -1.32. The van der Waals surface area contributed by atoms with E-state index in [0.29, 0.717) is 12.8 Å². The molecular weight excluding hydrogens is 897 g/mol. The number of fused-ring (bicyclic) bond motifs is 4. The van der Waals surface area contributed by atoms with E-state index in [1.165, 1.54) is 6.92 Å². The second-order valence-corrected chi connectivity index (χ2v) is 22.2. The predicted molar refractivity (Wildman–Crippen MR) is 232 cm³/mol. The number of hydrogen-bond acceptors (Lipinski definition) is 20. The first-order chi connectivity index (χ1) is 31.8. The summed E-state index contributed by atoms with van der Waals surface area (Å²) in [6.45, 7) is 18.8. The van der Waals surface area contributed by atoms with E-state index in [4.69, 9.17) is 33.2 Å². The third-order valence-corrected chi connectivity index (χ3v) is 18.8. The molecule has 4 aliphatic carbocycles. The van der Waals surface area contributed by atoms with Crippen LogP contribution >= 0.6 is 0 Å². The van der Waals surface area contributed by atoms with Crippen LogP contribution in [-0.2, 0) is 42.7 Å². The number of ether oxygens (including phenoxy) is 7. The quantitative estimate of drug-likeness (QED) is 0.0893. The van der Waals surface area contributed by atoms with Crippen molar-refractivity contribution in [2.75, 3.05) is 13.2 Å². The van der Waals surface area contributed by atoms with Crippen molar-refractivity contribution in [3.63, 3.8) is 0 Å². The number of aliphatic hydroxyl groups is 11. The van der Waals surface area contributed by atoms with E-state index >= 15 is 4.79 Å². The number of carbonyl (C=O) groups excluding carboxylic acids is 2. The van der Waals surface area contributed by atoms with E-state index in [1.54, 1.807) is 0 Å². The van der Waals surface area contributed by atoms with Crippen molar-refractivity contribution < 1.29 is 98.9 Å². The van der Waals surface area contributed by atoms with E-state index in [0.717, 1.165) is 24.0 Å². The molecule has 4 saturated heterocycles. The maximum absolute atomic E-state index is 15.1. The summed E-state index contributed by atoms with van der Waals surface area (Å²) in [4.78, 5) is 28.6. The first-order valence-electron chi connectivity index (χ1n) is 24.2. The van der Waals surface area contributed by atoms with Gasteiger partial charge in [-0.05, 0) is 93.8 Å². The normalized spacial score (nSPS) is 54.6. The van der Waals surface area contributed by atoms with Gasteiger partial charge in [-0.2, -0.15) is 0 Å². The molecule has 0 bridgehead atoms. The van der Waals surface area contributed by atoms with Crippen LogP contribution in [0.25, 0.3) is 0 Å². The molecule has 8 aliphatic rings. The molecule has 4 aliphatic heterocycles. The Bertz CT molecular complexity index is 1920. The van der Waals surface area contributed by atoms with Gasteiger partial charge in [-0.1, -0.05) is 45.1 Å². The molecule has 0 aromatic rings. The lowest BCUT2D eigenvalue weighted by Crippen LogP contribution is -2.70. The van der Waals surface area contributed by atoms with Crippen LogP contribution < -0.4 is 0 Å². The molecule has 20 heteroatoms. The summed E-state index contributed by atoms with van der Waals surface area (Å²) in [5.74, 6) is -3.05. The first-order valence-corrected chi connectivity index (χ1v) is 24.2. The topological polar surface area (TPSA) is 321 Å². The van der Waals surface area contributed by atoms with Crippen molar-refractivity contribution in [1.82, 2.24) is 0 Å². The van der Waals surface area contributed by atoms with Crippen LogP contribution in [0.15, 0.2) is 24.3 Å². The molecule has 68 heavy (non-hydrogen) atoms. The molecule has 27 atom stereocenters. The van der Waals surface area contributed by atoms with Crippen molar-refractivity contribution in [2.45, 2.75) is 197 Å². The van der Waals surface area contributed by atoms with Gasteiger partial charge < -0.3 is 89.3 Å². The van der Waals surface area contributed by atoms with Gasteiger partial charge in [0.15, 0.2) is 12.6 Å². The molecule has 8 fully saturated rings. The molecule has 0 aromatic carbocycles. The molecule has 4 heterocycles. The smallest absolute Gasteiger partial charge is 0.317 e. The Morgan fingerprint density at radius 2 is 1.35 bits per heavy atom. The second kappa shape index (κ2) is 18.7. The van der Waals surface area contributed by atoms with Gasteiger partial charge in [0.2, 0.25) is 6.29 Å². The zero-order chi connectivity index (χ0) is 49.9. The van der Waals surface area contributed by atoms with Gasteiger partial charge >= 0.3 is 11.9 Å². The number of allylic oxidation sites excluding steroid dienone is 2. The third kappa shape index (κ3) is 7.86. The SMILES string of the molecule is C=C(C)C1CC(O)C2(C(=O)OC3OC(COC4OC(CO)C(OC5OC(C)C(O)C(O)C5O)C(O)C4O)C(O)C(O)C3O)CCC3(C)C(CC4OC(=O)CC(O)C5(C)C(C(=C)C)CCC3(C)C45)C12. The number of carbonyl (C=O) groups is 2. The monoisotopic (exact) mass is 970 g/mol. The van der Waals surface area contributed by atoms with Gasteiger partial charge in [-0.25, -0.2) is 0 Å². The van der Waals surface area contributed by atoms with Crippen LogP contribution in [-0.4, -0.2) is 192 Å². The fourth-order valence-corrected chi connectivity index (χ4v) is 15.0. The molecule has 8 rings (SSSR count). The molecule has 11 N–H and O–H groups in total. The summed E-state index contributed by atoms with van der Waals surface area (Å²) in [5, 5.41) is 121. The maximum atomic E-state index is 15.1. The Labute approximate surface area is 395 Å². The average molecular weight is 971 g/mol. The summed E-state index contributed by atoms with van der Waals surface area (Å²) in [6.07, 6.45) is -25.7. The zero-order valence-corrected chi connectivity index (χ0v) is 39.7. The van der Waals surface area contributed by atoms with Crippen LogP contribution in [0.2, 0.25) is 0 Å². The van der Waals surface area contributed by atoms with Crippen molar-refractivity contribution in [2.24, 2.45) is 51.2 Å². The van der Waals surface area contributed by atoms with Gasteiger partial charge in [0, 0.05) is 11.3 Å². The highest BCUT2D eigenvalue weighted by atomic mass is 16.8. The average Bonchev–Trinajstić information content (AvgIpc) is 3.54. The molecule has 0 spiro atoms. The highest BCUT2D eigenvalue weighted by molar-refractivity contribution is 5.79. The summed E-state index contributed by atoms with van der Waals surface area (Å²) in [7, 11) is 0. The summed E-state index contributed by atoms with van der Waals surface area (Å²) < 4.78 is 40.8.